The highest BCUT2D eigenvalue weighted by molar-refractivity contribution is 6.30. The van der Waals surface area contributed by atoms with E-state index in [0.717, 1.165) is 18.4 Å². The monoisotopic (exact) mass is 430 g/mol. The number of likely N-dealkylation sites (tertiary alicyclic amines) is 1. The van der Waals surface area contributed by atoms with Crippen LogP contribution in [-0.4, -0.2) is 49.7 Å². The van der Waals surface area contributed by atoms with E-state index < -0.39 is 11.8 Å². The molecule has 2 fully saturated rings. The molecule has 0 saturated carbocycles. The number of rotatable bonds is 4. The van der Waals surface area contributed by atoms with E-state index in [1.165, 1.54) is 0 Å². The Morgan fingerprint density at radius 1 is 1.00 bits per heavy atom. The Hall–Kier alpha value is -2.32. The molecule has 0 radical (unpaired) electrons. The third-order valence-corrected chi connectivity index (χ3v) is 6.06. The van der Waals surface area contributed by atoms with Crippen LogP contribution in [0.15, 0.2) is 42.5 Å². The van der Waals surface area contributed by atoms with Crippen molar-refractivity contribution in [2.24, 2.45) is 0 Å². The van der Waals surface area contributed by atoms with Gasteiger partial charge in [-0.05, 0) is 29.8 Å². The highest BCUT2D eigenvalue weighted by Gasteiger charge is 2.42. The van der Waals surface area contributed by atoms with Gasteiger partial charge >= 0.3 is 0 Å². The van der Waals surface area contributed by atoms with Gasteiger partial charge in [0, 0.05) is 42.7 Å². The molecule has 1 atom stereocenters. The summed E-state index contributed by atoms with van der Waals surface area (Å²) in [6.07, 6.45) is 1.46. The average molecular weight is 431 g/mol. The third kappa shape index (κ3) is 3.86. The second-order valence-corrected chi connectivity index (χ2v) is 8.09. The molecule has 0 unspecified atom stereocenters. The minimum Gasteiger partial charge on any atom is -0.454 e. The van der Waals surface area contributed by atoms with Gasteiger partial charge in [-0.15, -0.1) is 0 Å². The number of halogens is 1. The lowest BCUT2D eigenvalue weighted by Crippen LogP contribution is -2.48. The van der Waals surface area contributed by atoms with Crippen LogP contribution in [0, 0.1) is 0 Å². The summed E-state index contributed by atoms with van der Waals surface area (Å²) in [6, 6.07) is 12.4. The molecular formula is C22H23ClN2O5. The normalized spacial score (nSPS) is 21.0. The number of carbonyl (C=O) groups is 1. The smallest absolute Gasteiger partial charge is 0.246 e. The van der Waals surface area contributed by atoms with Gasteiger partial charge in [0.2, 0.25) is 12.7 Å². The van der Waals surface area contributed by atoms with Crippen molar-refractivity contribution in [3.63, 3.8) is 0 Å². The van der Waals surface area contributed by atoms with E-state index in [4.69, 9.17) is 30.5 Å². The van der Waals surface area contributed by atoms with Crippen LogP contribution >= 0.6 is 11.6 Å². The Kier molecular flexibility index (Phi) is 5.28. The Bertz CT molecular complexity index is 920. The zero-order chi connectivity index (χ0) is 20.6. The van der Waals surface area contributed by atoms with Crippen LogP contribution in [0.5, 0.6) is 11.5 Å². The van der Waals surface area contributed by atoms with Crippen LogP contribution in [0.1, 0.15) is 24.4 Å². The topological polar surface area (TPSA) is 69.3 Å². The van der Waals surface area contributed by atoms with Crippen LogP contribution in [0.25, 0.3) is 0 Å². The molecule has 2 saturated heterocycles. The second-order valence-electron chi connectivity index (χ2n) is 7.65. The average Bonchev–Trinajstić information content (AvgIpc) is 3.40. The van der Waals surface area contributed by atoms with E-state index in [2.05, 4.69) is 10.2 Å². The minimum atomic E-state index is -0.491. The standard InChI is InChI=1S/C22H23ClN2O5/c23-16-3-1-15(2-4-16)20(25-9-7-22(8-10-25)29-11-12-30-22)21(26)24-17-5-6-18-19(13-17)28-14-27-18/h1-6,13,20H,7-12,14H2,(H,24,26)/t20-/m1/s1. The summed E-state index contributed by atoms with van der Waals surface area (Å²) in [5, 5.41) is 3.67. The van der Waals surface area contributed by atoms with E-state index in [1.807, 2.05) is 30.3 Å². The van der Waals surface area contributed by atoms with Gasteiger partial charge in [0.25, 0.3) is 0 Å². The molecule has 3 heterocycles. The first kappa shape index (κ1) is 19.6. The van der Waals surface area contributed by atoms with E-state index in [0.29, 0.717) is 48.5 Å². The number of ether oxygens (including phenoxy) is 4. The van der Waals surface area contributed by atoms with E-state index in [-0.39, 0.29) is 12.7 Å². The van der Waals surface area contributed by atoms with Crippen LogP contribution in [0.2, 0.25) is 5.02 Å². The first-order valence-electron chi connectivity index (χ1n) is 10.1. The molecule has 8 heteroatoms. The maximum atomic E-state index is 13.4. The van der Waals surface area contributed by atoms with Gasteiger partial charge in [0.05, 0.1) is 13.2 Å². The molecule has 1 amide bonds. The Morgan fingerprint density at radius 2 is 1.70 bits per heavy atom. The van der Waals surface area contributed by atoms with Crippen molar-refractivity contribution in [2.75, 3.05) is 38.4 Å². The maximum Gasteiger partial charge on any atom is 0.246 e. The van der Waals surface area contributed by atoms with Crippen LogP contribution in [0.4, 0.5) is 5.69 Å². The van der Waals surface area contributed by atoms with Crippen molar-refractivity contribution in [2.45, 2.75) is 24.7 Å². The Labute approximate surface area is 179 Å². The summed E-state index contributed by atoms with van der Waals surface area (Å²) < 4.78 is 22.4. The molecule has 7 nitrogen and oxygen atoms in total. The van der Waals surface area contributed by atoms with Crippen molar-refractivity contribution in [1.29, 1.82) is 0 Å². The quantitative estimate of drug-likeness (QED) is 0.799. The predicted molar refractivity (Wildman–Crippen MR) is 111 cm³/mol. The highest BCUT2D eigenvalue weighted by Crippen LogP contribution is 2.37. The van der Waals surface area contributed by atoms with Crippen LogP contribution in [-0.2, 0) is 14.3 Å². The van der Waals surface area contributed by atoms with Gasteiger partial charge in [-0.25, -0.2) is 0 Å². The van der Waals surface area contributed by atoms with Crippen molar-refractivity contribution in [1.82, 2.24) is 4.90 Å². The van der Waals surface area contributed by atoms with Crippen molar-refractivity contribution in [3.8, 4) is 11.5 Å². The molecule has 30 heavy (non-hydrogen) atoms. The maximum absolute atomic E-state index is 13.4. The fourth-order valence-electron chi connectivity index (χ4n) is 4.27. The SMILES string of the molecule is O=C(Nc1ccc2c(c1)OCO2)[C@@H](c1ccc(Cl)cc1)N1CCC2(CC1)OCCO2. The summed E-state index contributed by atoms with van der Waals surface area (Å²) in [7, 11) is 0. The van der Waals surface area contributed by atoms with E-state index in [1.54, 1.807) is 12.1 Å². The van der Waals surface area contributed by atoms with Crippen molar-refractivity contribution >= 4 is 23.2 Å². The van der Waals surface area contributed by atoms with Crippen LogP contribution in [0.3, 0.4) is 0 Å². The molecule has 2 aromatic rings. The van der Waals surface area contributed by atoms with E-state index >= 15 is 0 Å². The van der Waals surface area contributed by atoms with Crippen LogP contribution < -0.4 is 14.8 Å². The van der Waals surface area contributed by atoms with Gasteiger partial charge in [-0.1, -0.05) is 23.7 Å². The molecule has 1 spiro atoms. The largest absolute Gasteiger partial charge is 0.454 e. The Balaban J connectivity index is 1.37. The lowest BCUT2D eigenvalue weighted by molar-refractivity contribution is -0.188. The molecule has 3 aliphatic heterocycles. The van der Waals surface area contributed by atoms with Gasteiger partial charge in [-0.3, -0.25) is 9.69 Å². The number of fused-ring (bicyclic) bond motifs is 1. The number of nitrogens with one attached hydrogen (secondary N) is 1. The number of nitrogens with zero attached hydrogens (tertiary/aromatic N) is 1. The minimum absolute atomic E-state index is 0.111. The van der Waals surface area contributed by atoms with Gasteiger partial charge in [0.1, 0.15) is 6.04 Å². The summed E-state index contributed by atoms with van der Waals surface area (Å²) in [6.45, 7) is 2.85. The van der Waals surface area contributed by atoms with E-state index in [9.17, 15) is 4.79 Å². The molecule has 5 rings (SSSR count). The number of hydrogen-bond acceptors (Lipinski definition) is 6. The second kappa shape index (κ2) is 8.07. The Morgan fingerprint density at radius 3 is 2.43 bits per heavy atom. The summed E-state index contributed by atoms with van der Waals surface area (Å²) in [5.41, 5.74) is 1.56. The summed E-state index contributed by atoms with van der Waals surface area (Å²) in [4.78, 5) is 15.6. The zero-order valence-corrected chi connectivity index (χ0v) is 17.2. The third-order valence-electron chi connectivity index (χ3n) is 5.81. The lowest BCUT2D eigenvalue weighted by atomic mass is 9.97. The predicted octanol–water partition coefficient (Wildman–Crippen LogP) is 3.59. The van der Waals surface area contributed by atoms with Gasteiger partial charge in [-0.2, -0.15) is 0 Å². The highest BCUT2D eigenvalue weighted by atomic mass is 35.5. The number of amides is 1. The fraction of sp³-hybridized carbons (Fsp3) is 0.409. The first-order chi connectivity index (χ1) is 14.6. The number of carbonyl (C=O) groups excluding carboxylic acids is 1. The number of hydrogen-bond donors (Lipinski definition) is 1. The molecule has 0 aliphatic carbocycles. The lowest BCUT2D eigenvalue weighted by Gasteiger charge is -2.40. The molecule has 158 valence electrons. The zero-order valence-electron chi connectivity index (χ0n) is 16.4. The molecule has 0 bridgehead atoms. The molecular weight excluding hydrogens is 408 g/mol. The number of benzene rings is 2. The molecule has 0 aromatic heterocycles. The summed E-state index contributed by atoms with van der Waals surface area (Å²) >= 11 is 6.07. The summed E-state index contributed by atoms with van der Waals surface area (Å²) in [5.74, 6) is 0.710. The van der Waals surface area contributed by atoms with Gasteiger partial charge in [0.15, 0.2) is 17.3 Å². The molecule has 1 N–H and O–H groups in total. The van der Waals surface area contributed by atoms with Crippen molar-refractivity contribution in [3.05, 3.63) is 53.1 Å². The number of piperidine rings is 1. The first-order valence-corrected chi connectivity index (χ1v) is 10.5. The van der Waals surface area contributed by atoms with Gasteiger partial charge < -0.3 is 24.3 Å². The van der Waals surface area contributed by atoms with Crippen molar-refractivity contribution < 1.29 is 23.7 Å². The fourth-order valence-corrected chi connectivity index (χ4v) is 4.39. The molecule has 3 aliphatic rings. The number of anilines is 1. The molecule has 2 aromatic carbocycles.